The summed E-state index contributed by atoms with van der Waals surface area (Å²) in [5, 5.41) is 32.1. The van der Waals surface area contributed by atoms with E-state index in [2.05, 4.69) is 25.7 Å². The predicted octanol–water partition coefficient (Wildman–Crippen LogP) is 13.2. The Balaban J connectivity index is 0.000000190. The van der Waals surface area contributed by atoms with Gasteiger partial charge in [0, 0.05) is 123 Å². The van der Waals surface area contributed by atoms with Crippen molar-refractivity contribution in [2.24, 2.45) is 17.8 Å². The first-order valence-electron chi connectivity index (χ1n) is 29.4. The number of benzene rings is 5. The summed E-state index contributed by atoms with van der Waals surface area (Å²) in [6.45, 7) is 25.3. The van der Waals surface area contributed by atoms with Crippen molar-refractivity contribution in [2.45, 2.75) is 120 Å². The lowest BCUT2D eigenvalue weighted by Crippen LogP contribution is -2.42. The molecule has 0 radical (unpaired) electrons. The summed E-state index contributed by atoms with van der Waals surface area (Å²) in [6.07, 6.45) is 10.6. The summed E-state index contributed by atoms with van der Waals surface area (Å²) >= 11 is 0. The zero-order valence-electron chi connectivity index (χ0n) is 50.0. The van der Waals surface area contributed by atoms with Gasteiger partial charge in [0.25, 0.3) is 40.7 Å². The first-order valence-corrected chi connectivity index (χ1v) is 29.4. The summed E-state index contributed by atoms with van der Waals surface area (Å²) in [6, 6.07) is 33.6. The molecule has 4 aliphatic rings. The van der Waals surface area contributed by atoms with Crippen LogP contribution in [-0.2, 0) is 6.54 Å². The minimum absolute atomic E-state index is 0.0207. The van der Waals surface area contributed by atoms with Gasteiger partial charge in [-0.25, -0.2) is 0 Å². The topological polar surface area (TPSA) is 214 Å². The number of aryl methyl sites for hydroxylation is 3. The molecule has 4 amide bonds. The van der Waals surface area contributed by atoms with Crippen LogP contribution < -0.4 is 0 Å². The van der Waals surface area contributed by atoms with Gasteiger partial charge in [0.2, 0.25) is 0 Å². The SMILES string of the molecule is CC1CC(C)CN(C(=O)c2ccccc2)C1.CCN(CC)C(=O)c1ccc([N+](=O)[O-])c(C)c1.Cc1cc(C(=O)N2CCCCC2)ccc1[N+](=O)[O-].Cc1cc(CN2CCCC(C)C2)ccc1[N+](=O)[O-].O=C(c1ccccc1)N1CCCCC1. The molecule has 9 rings (SSSR count). The average Bonchev–Trinajstić information content (AvgIpc) is 3.55. The van der Waals surface area contributed by atoms with Gasteiger partial charge in [-0.3, -0.25) is 54.4 Å². The third-order valence-electron chi connectivity index (χ3n) is 15.4. The Hall–Kier alpha value is -7.86. The van der Waals surface area contributed by atoms with Crippen LogP contribution in [0.15, 0.2) is 115 Å². The van der Waals surface area contributed by atoms with E-state index in [1.165, 1.54) is 55.9 Å². The number of nitro benzene ring substituents is 3. The summed E-state index contributed by atoms with van der Waals surface area (Å²) < 4.78 is 0. The molecule has 18 heteroatoms. The van der Waals surface area contributed by atoms with Crippen molar-refractivity contribution < 1.29 is 33.9 Å². The number of amides is 4. The van der Waals surface area contributed by atoms with E-state index in [0.717, 1.165) is 107 Å². The van der Waals surface area contributed by atoms with Crippen LogP contribution >= 0.6 is 0 Å². The molecule has 3 unspecified atom stereocenters. The van der Waals surface area contributed by atoms with E-state index in [4.69, 9.17) is 0 Å². The van der Waals surface area contributed by atoms with Gasteiger partial charge in [-0.15, -0.1) is 0 Å². The number of hydrogen-bond donors (Lipinski definition) is 0. The van der Waals surface area contributed by atoms with E-state index in [1.807, 2.05) is 101 Å². The van der Waals surface area contributed by atoms with Crippen LogP contribution in [0.4, 0.5) is 17.1 Å². The molecule has 446 valence electrons. The lowest BCUT2D eigenvalue weighted by Gasteiger charge is -2.35. The molecule has 5 aromatic carbocycles. The molecule has 18 nitrogen and oxygen atoms in total. The summed E-state index contributed by atoms with van der Waals surface area (Å²) in [5.41, 5.74) is 5.94. The van der Waals surface area contributed by atoms with Gasteiger partial charge in [0.1, 0.15) is 0 Å². The van der Waals surface area contributed by atoms with E-state index < -0.39 is 9.85 Å². The second-order valence-electron chi connectivity index (χ2n) is 22.4. The number of carbonyl (C=O) groups is 4. The van der Waals surface area contributed by atoms with Crippen LogP contribution in [0.1, 0.15) is 156 Å². The first kappa shape index (κ1) is 65.9. The quantitative estimate of drug-likeness (QED) is 0.0896. The molecule has 0 aliphatic carbocycles. The zero-order valence-corrected chi connectivity index (χ0v) is 50.0. The van der Waals surface area contributed by atoms with Crippen molar-refractivity contribution in [1.82, 2.24) is 24.5 Å². The minimum Gasteiger partial charge on any atom is -0.339 e. The van der Waals surface area contributed by atoms with Gasteiger partial charge in [-0.2, -0.15) is 0 Å². The Bertz CT molecular complexity index is 2930. The lowest BCUT2D eigenvalue weighted by molar-refractivity contribution is -0.385. The fourth-order valence-electron chi connectivity index (χ4n) is 11.1. The maximum absolute atomic E-state index is 12.2. The van der Waals surface area contributed by atoms with E-state index >= 15 is 0 Å². The van der Waals surface area contributed by atoms with E-state index in [-0.39, 0.29) is 45.6 Å². The molecule has 0 aromatic heterocycles. The van der Waals surface area contributed by atoms with Crippen molar-refractivity contribution in [2.75, 3.05) is 65.4 Å². The highest BCUT2D eigenvalue weighted by Crippen LogP contribution is 2.26. The zero-order chi connectivity index (χ0) is 60.6. The number of rotatable bonds is 11. The van der Waals surface area contributed by atoms with Crippen molar-refractivity contribution in [3.05, 3.63) is 190 Å². The third-order valence-corrected chi connectivity index (χ3v) is 15.4. The number of hydrogen-bond acceptors (Lipinski definition) is 11. The van der Waals surface area contributed by atoms with Crippen LogP contribution in [0.5, 0.6) is 0 Å². The predicted molar refractivity (Wildman–Crippen MR) is 326 cm³/mol. The van der Waals surface area contributed by atoms with Crippen molar-refractivity contribution in [3.63, 3.8) is 0 Å². The molecular weight excluding hydrogens is 1050 g/mol. The van der Waals surface area contributed by atoms with E-state index in [9.17, 15) is 49.5 Å². The number of nitro groups is 3. The molecule has 3 atom stereocenters. The molecule has 0 spiro atoms. The van der Waals surface area contributed by atoms with Crippen molar-refractivity contribution >= 4 is 40.7 Å². The maximum Gasteiger partial charge on any atom is 0.272 e. The fraction of sp³-hybridized carbons (Fsp3) is 0.477. The summed E-state index contributed by atoms with van der Waals surface area (Å²) in [7, 11) is 0. The minimum atomic E-state index is -0.443. The summed E-state index contributed by atoms with van der Waals surface area (Å²) in [4.78, 5) is 89.2. The molecule has 0 saturated carbocycles. The molecule has 4 heterocycles. The van der Waals surface area contributed by atoms with Gasteiger partial charge >= 0.3 is 0 Å². The van der Waals surface area contributed by atoms with Crippen molar-refractivity contribution in [3.8, 4) is 0 Å². The van der Waals surface area contributed by atoms with Gasteiger partial charge in [-0.1, -0.05) is 63.2 Å². The standard InChI is InChI=1S/C14H20N2O2.C14H19NO.C13H16N2O3.C12H16N2O3.C12H15NO/c1-11-4-3-7-15(9-11)10-13-5-6-14(16(17)18)12(2)8-13;1-11-8-12(2)10-15(9-11)14(16)13-6-4-3-5-7-13;1-10-9-11(5-6-12(10)15(17)18)13(16)14-7-3-2-4-8-14;1-4-13(5-2)12(15)10-6-7-11(14(16)17)9(3)8-10;14-12(11-7-3-1-4-8-11)13-9-5-2-6-10-13/h5-6,8,11H,3-4,7,9-10H2,1-2H3;3-7,11-12H,8-10H2,1-2H3;5-6,9H,2-4,7-8H2,1H3;6-8H,4-5H2,1-3H3;1,3-4,7-8H,2,5-6,9-10H2. The molecule has 83 heavy (non-hydrogen) atoms. The monoisotopic (exact) mass is 1140 g/mol. The van der Waals surface area contributed by atoms with E-state index in [0.29, 0.717) is 47.2 Å². The smallest absolute Gasteiger partial charge is 0.272 e. The van der Waals surface area contributed by atoms with Crippen LogP contribution in [0.2, 0.25) is 0 Å². The highest BCUT2D eigenvalue weighted by molar-refractivity contribution is 5.96. The van der Waals surface area contributed by atoms with Gasteiger partial charge in [-0.05, 0) is 177 Å². The van der Waals surface area contributed by atoms with Crippen LogP contribution in [0, 0.1) is 68.9 Å². The Labute approximate surface area is 490 Å². The highest BCUT2D eigenvalue weighted by Gasteiger charge is 2.27. The van der Waals surface area contributed by atoms with Gasteiger partial charge < -0.3 is 19.6 Å². The Morgan fingerprint density at radius 2 is 0.880 bits per heavy atom. The number of nitrogens with zero attached hydrogens (tertiary/aromatic N) is 8. The Morgan fingerprint density at radius 3 is 1.30 bits per heavy atom. The van der Waals surface area contributed by atoms with Crippen LogP contribution in [-0.4, -0.2) is 128 Å². The van der Waals surface area contributed by atoms with E-state index in [1.54, 1.807) is 49.9 Å². The Morgan fingerprint density at radius 1 is 0.470 bits per heavy atom. The van der Waals surface area contributed by atoms with Crippen molar-refractivity contribution in [1.29, 1.82) is 0 Å². The molecule has 4 fully saturated rings. The first-order chi connectivity index (χ1) is 39.7. The third kappa shape index (κ3) is 20.5. The second-order valence-corrected chi connectivity index (χ2v) is 22.4. The number of piperidine rings is 4. The second kappa shape index (κ2) is 33.3. The molecule has 4 saturated heterocycles. The maximum atomic E-state index is 12.2. The van der Waals surface area contributed by atoms with Crippen LogP contribution in [0.3, 0.4) is 0 Å². The molecular formula is C65H86N8O10. The molecule has 0 bridgehead atoms. The molecule has 4 aliphatic heterocycles. The Kier molecular flexibility index (Phi) is 26.5. The average molecular weight is 1140 g/mol. The normalized spacial score (nSPS) is 17.7. The lowest BCUT2D eigenvalue weighted by atomic mass is 9.91. The van der Waals surface area contributed by atoms with Crippen LogP contribution in [0.25, 0.3) is 0 Å². The number of likely N-dealkylation sites (tertiary alicyclic amines) is 4. The molecule has 5 aromatic rings. The summed E-state index contributed by atoms with van der Waals surface area (Å²) in [5.74, 6) is 2.26. The van der Waals surface area contributed by atoms with Gasteiger partial charge in [0.05, 0.1) is 14.8 Å². The molecule has 0 N–H and O–H groups in total. The number of carbonyl (C=O) groups excluding carboxylic acids is 4. The largest absolute Gasteiger partial charge is 0.339 e. The fourth-order valence-corrected chi connectivity index (χ4v) is 11.1. The highest BCUT2D eigenvalue weighted by atomic mass is 16.6. The van der Waals surface area contributed by atoms with Gasteiger partial charge in [0.15, 0.2) is 0 Å².